The van der Waals surface area contributed by atoms with Crippen molar-refractivity contribution in [3.05, 3.63) is 108 Å². The van der Waals surface area contributed by atoms with E-state index in [1.54, 1.807) is 12.1 Å². The maximum Gasteiger partial charge on any atom is 0.361 e. The predicted octanol–water partition coefficient (Wildman–Crippen LogP) is 6.77. The molecule has 0 spiro atoms. The van der Waals surface area contributed by atoms with Crippen molar-refractivity contribution in [2.45, 2.75) is 0 Å². The van der Waals surface area contributed by atoms with Crippen LogP contribution in [0.3, 0.4) is 0 Å². The Hall–Kier alpha value is -3.65. The Morgan fingerprint density at radius 1 is 0.593 bits per heavy atom. The number of phenolic OH excluding ortho intramolecular Hbond substituents is 1. The lowest BCUT2D eigenvalue weighted by Crippen LogP contribution is -1.84. The van der Waals surface area contributed by atoms with Crippen molar-refractivity contribution >= 4 is 12.2 Å². The van der Waals surface area contributed by atoms with Crippen LogP contribution in [-0.4, -0.2) is 5.11 Å². The van der Waals surface area contributed by atoms with Crippen LogP contribution in [0.5, 0.6) is 5.75 Å². The normalized spacial score (nSPS) is 11.0. The molecule has 0 unspecified atom stereocenters. The third-order valence-electron chi connectivity index (χ3n) is 4.31. The molecule has 0 amide bonds. The average molecular weight is 351 g/mol. The third-order valence-corrected chi connectivity index (χ3v) is 4.31. The van der Waals surface area contributed by atoms with Gasteiger partial charge in [-0.2, -0.15) is 0 Å². The molecule has 0 atom stereocenters. The van der Waals surface area contributed by atoms with Crippen LogP contribution in [0.4, 0.5) is 0 Å². The van der Waals surface area contributed by atoms with E-state index in [0.29, 0.717) is 0 Å². The highest BCUT2D eigenvalue weighted by Gasteiger charge is 2.17. The van der Waals surface area contributed by atoms with E-state index < -0.39 is 0 Å². The van der Waals surface area contributed by atoms with Crippen LogP contribution in [0.2, 0.25) is 0 Å². The third kappa shape index (κ3) is 4.13. The van der Waals surface area contributed by atoms with Crippen LogP contribution >= 0.6 is 0 Å². The molecule has 0 saturated carbocycles. The summed E-state index contributed by atoms with van der Waals surface area (Å²) in [7, 11) is 0. The lowest BCUT2D eigenvalue weighted by molar-refractivity contribution is 0.475. The summed E-state index contributed by atoms with van der Waals surface area (Å²) >= 11 is 0. The van der Waals surface area contributed by atoms with E-state index in [1.807, 2.05) is 78.9 Å². The Kier molecular flexibility index (Phi) is 4.80. The number of hydrogen-bond donors (Lipinski definition) is 1. The Morgan fingerprint density at radius 2 is 1.22 bits per heavy atom. The molecule has 4 rings (SSSR count). The smallest absolute Gasteiger partial charge is 0.361 e. The molecule has 27 heavy (non-hydrogen) atoms. The monoisotopic (exact) mass is 351 g/mol. The van der Waals surface area contributed by atoms with Gasteiger partial charge >= 0.3 is 11.5 Å². The van der Waals surface area contributed by atoms with E-state index in [1.165, 1.54) is 0 Å². The fraction of sp³-hybridized carbons (Fsp3) is 0. The minimum Gasteiger partial charge on any atom is -0.508 e. The lowest BCUT2D eigenvalue weighted by atomic mass is 10.0. The van der Waals surface area contributed by atoms with Gasteiger partial charge < -0.3 is 5.11 Å². The lowest BCUT2D eigenvalue weighted by Gasteiger charge is -2.00. The first-order valence-corrected chi connectivity index (χ1v) is 8.84. The van der Waals surface area contributed by atoms with Crippen molar-refractivity contribution in [3.8, 4) is 28.2 Å². The van der Waals surface area contributed by atoms with Gasteiger partial charge in [0.15, 0.2) is 0 Å². The van der Waals surface area contributed by atoms with Gasteiger partial charge in [-0.05, 0) is 41.5 Å². The van der Waals surface area contributed by atoms with Crippen molar-refractivity contribution in [2.75, 3.05) is 0 Å². The van der Waals surface area contributed by atoms with E-state index in [-0.39, 0.29) is 5.75 Å². The van der Waals surface area contributed by atoms with E-state index in [9.17, 15) is 5.11 Å². The van der Waals surface area contributed by atoms with E-state index in [4.69, 9.17) is 4.42 Å². The molecule has 130 valence electrons. The largest absolute Gasteiger partial charge is 0.508 e. The van der Waals surface area contributed by atoms with Gasteiger partial charge in [0.25, 0.3) is 0 Å². The van der Waals surface area contributed by atoms with E-state index >= 15 is 0 Å². The van der Waals surface area contributed by atoms with E-state index in [0.717, 1.165) is 33.8 Å². The summed E-state index contributed by atoms with van der Waals surface area (Å²) in [6, 6.07) is 31.6. The summed E-state index contributed by atoms with van der Waals surface area (Å²) in [4.78, 5) is 0. The van der Waals surface area contributed by atoms with E-state index in [2.05, 4.69) is 18.2 Å². The van der Waals surface area contributed by atoms with Crippen LogP contribution in [-0.2, 0) is 0 Å². The van der Waals surface area contributed by atoms with Crippen LogP contribution in [0, 0.1) is 0 Å². The molecule has 3 aromatic carbocycles. The number of rotatable bonds is 4. The molecular weight excluding hydrogens is 332 g/mol. The molecular formula is C25H19O2+. The molecule has 0 radical (unpaired) electrons. The zero-order valence-corrected chi connectivity index (χ0v) is 14.7. The summed E-state index contributed by atoms with van der Waals surface area (Å²) in [5, 5.41) is 9.42. The maximum absolute atomic E-state index is 9.42. The predicted molar refractivity (Wildman–Crippen MR) is 111 cm³/mol. The number of benzene rings is 3. The summed E-state index contributed by atoms with van der Waals surface area (Å²) < 4.78 is 6.13. The highest BCUT2D eigenvalue weighted by Crippen LogP contribution is 2.29. The fourth-order valence-corrected chi connectivity index (χ4v) is 2.91. The molecule has 0 aliphatic rings. The zero-order chi connectivity index (χ0) is 18.5. The molecule has 0 aliphatic carbocycles. The van der Waals surface area contributed by atoms with Crippen LogP contribution < -0.4 is 0 Å². The van der Waals surface area contributed by atoms with Crippen LogP contribution in [0.25, 0.3) is 34.6 Å². The quantitative estimate of drug-likeness (QED) is 0.411. The fourth-order valence-electron chi connectivity index (χ4n) is 2.91. The molecule has 0 bridgehead atoms. The summed E-state index contributed by atoms with van der Waals surface area (Å²) in [6.07, 6.45) is 3.92. The molecule has 1 heterocycles. The van der Waals surface area contributed by atoms with Crippen molar-refractivity contribution in [1.29, 1.82) is 0 Å². The SMILES string of the molecule is Oc1ccc(/C=C/c2cc(-c3ccccc3)cc(-c3ccccc3)[o+]2)cc1. The van der Waals surface area contributed by atoms with Crippen LogP contribution in [0.1, 0.15) is 11.3 Å². The first kappa shape index (κ1) is 16.8. The van der Waals surface area contributed by atoms with Gasteiger partial charge in [0.05, 0.1) is 17.7 Å². The summed E-state index contributed by atoms with van der Waals surface area (Å²) in [5.74, 6) is 1.85. The highest BCUT2D eigenvalue weighted by atomic mass is 16.3. The molecule has 0 saturated heterocycles. The van der Waals surface area contributed by atoms with Crippen molar-refractivity contribution in [1.82, 2.24) is 0 Å². The van der Waals surface area contributed by atoms with Gasteiger partial charge in [-0.1, -0.05) is 60.7 Å². The molecule has 2 heteroatoms. The number of phenols is 1. The van der Waals surface area contributed by atoms with Gasteiger partial charge in [0.1, 0.15) is 5.75 Å². The minimum atomic E-state index is 0.259. The second-order valence-electron chi connectivity index (χ2n) is 6.27. The maximum atomic E-state index is 9.42. The van der Waals surface area contributed by atoms with Crippen molar-refractivity contribution < 1.29 is 9.52 Å². The standard InChI is InChI=1S/C25H18O2/c26-23-14-11-19(12-15-23)13-16-24-17-22(20-7-3-1-4-8-20)18-25(27-24)21-9-5-2-6-10-21/h1-18H/p+1/b16-13+. The van der Waals surface area contributed by atoms with Gasteiger partial charge in [-0.3, -0.25) is 0 Å². The minimum absolute atomic E-state index is 0.259. The Bertz CT molecular complexity index is 993. The topological polar surface area (TPSA) is 31.5 Å². The summed E-state index contributed by atoms with van der Waals surface area (Å²) in [5.41, 5.74) is 4.28. The Balaban J connectivity index is 1.77. The van der Waals surface area contributed by atoms with Gasteiger partial charge in [0.2, 0.25) is 0 Å². The molecule has 1 N–H and O–H groups in total. The van der Waals surface area contributed by atoms with Crippen molar-refractivity contribution in [3.63, 3.8) is 0 Å². The molecule has 1 aromatic heterocycles. The molecule has 0 fully saturated rings. The average Bonchev–Trinajstić information content (AvgIpc) is 2.74. The van der Waals surface area contributed by atoms with Gasteiger partial charge in [0, 0.05) is 11.6 Å². The van der Waals surface area contributed by atoms with Gasteiger partial charge in [-0.15, -0.1) is 0 Å². The van der Waals surface area contributed by atoms with Crippen molar-refractivity contribution in [2.24, 2.45) is 0 Å². The first-order chi connectivity index (χ1) is 13.3. The molecule has 2 nitrogen and oxygen atoms in total. The Labute approximate surface area is 158 Å². The zero-order valence-electron chi connectivity index (χ0n) is 14.7. The summed E-state index contributed by atoms with van der Waals surface area (Å²) in [6.45, 7) is 0. The second kappa shape index (κ2) is 7.71. The molecule has 4 aromatic rings. The van der Waals surface area contributed by atoms with Gasteiger partial charge in [-0.25, -0.2) is 4.42 Å². The highest BCUT2D eigenvalue weighted by molar-refractivity contribution is 5.74. The number of aromatic hydroxyl groups is 1. The molecule has 0 aliphatic heterocycles. The first-order valence-electron chi connectivity index (χ1n) is 8.84. The van der Waals surface area contributed by atoms with Crippen LogP contribution in [0.15, 0.2) is 101 Å². The Morgan fingerprint density at radius 3 is 1.89 bits per heavy atom. The number of hydrogen-bond acceptors (Lipinski definition) is 1. The second-order valence-corrected chi connectivity index (χ2v) is 6.27.